The van der Waals surface area contributed by atoms with Crippen LogP contribution in [0.25, 0.3) is 187 Å². The fraction of sp³-hybridized carbons (Fsp3) is 0.0110. The van der Waals surface area contributed by atoms with Crippen molar-refractivity contribution in [3.63, 3.8) is 0 Å². The Bertz CT molecular complexity index is 9260. The van der Waals surface area contributed by atoms with E-state index in [4.69, 9.17) is 47.0 Å². The Morgan fingerprint density at radius 2 is 0.707 bits per heavy atom. The summed E-state index contributed by atoms with van der Waals surface area (Å²) in [6.07, 6.45) is 0. The van der Waals surface area contributed by atoms with Crippen LogP contribution in [-0.2, 0) is 0 Å². The molecule has 0 saturated carbocycles. The molecule has 21 rings (SSSR count). The van der Waals surface area contributed by atoms with Gasteiger partial charge in [-0.2, -0.15) is 0 Å². The molecule has 0 spiro atoms. The molecule has 0 fully saturated rings. The second-order valence-corrected chi connectivity index (χ2v) is 22.7. The molecule has 15 aromatic carbocycles. The van der Waals surface area contributed by atoms with E-state index < -0.39 is 336 Å². The predicted octanol–water partition coefficient (Wildman–Crippen LogP) is 23.3. The lowest BCUT2D eigenvalue weighted by molar-refractivity contribution is 1.01. The van der Waals surface area contributed by atoms with Crippen molar-refractivity contribution in [2.45, 2.75) is 6.92 Å². The summed E-state index contributed by atoms with van der Waals surface area (Å²) in [6, 6.07) is -0.747. The molecule has 0 bridgehead atoms. The fourth-order valence-electron chi connectivity index (χ4n) is 12.7. The van der Waals surface area contributed by atoms with Crippen molar-refractivity contribution in [2.24, 2.45) is 0 Å². The molecule has 8 heteroatoms. The first-order valence-corrected chi connectivity index (χ1v) is 30.4. The van der Waals surface area contributed by atoms with Crippen molar-refractivity contribution in [2.75, 3.05) is 0 Å². The summed E-state index contributed by atoms with van der Waals surface area (Å²) >= 11 is 0. The smallest absolute Gasteiger partial charge is 0.235 e. The van der Waals surface area contributed by atoms with E-state index in [1.807, 2.05) is 91.0 Å². The maximum absolute atomic E-state index is 9.99. The molecule has 0 radical (unpaired) electrons. The first-order chi connectivity index (χ1) is 65.7. The van der Waals surface area contributed by atoms with Crippen LogP contribution in [0.1, 0.15) is 60.4 Å². The molecular formula is C91H58N8. The third-order valence-electron chi connectivity index (χ3n) is 17.1. The highest BCUT2D eigenvalue weighted by Gasteiger charge is 2.23. The average Bonchev–Trinajstić information content (AvgIpc) is 1.53. The summed E-state index contributed by atoms with van der Waals surface area (Å²) < 4.78 is 363. The van der Waals surface area contributed by atoms with Crippen molar-refractivity contribution < 1.29 is 54.8 Å². The van der Waals surface area contributed by atoms with Gasteiger partial charge in [0, 0.05) is 76.4 Å². The van der Waals surface area contributed by atoms with Gasteiger partial charge < -0.3 is 9.13 Å². The van der Waals surface area contributed by atoms with Gasteiger partial charge in [0.25, 0.3) is 0 Å². The molecule has 0 aliphatic heterocycles. The average molecular weight is 1300 g/mol. The number of hydrogen-bond donors (Lipinski definition) is 0. The predicted molar refractivity (Wildman–Crippen MR) is 412 cm³/mol. The molecule has 0 aliphatic rings. The normalized spacial score (nSPS) is 17.5. The standard InChI is InChI=1S/C48H30N4.C43H28N4/c1-2-12-31(13-3-1)34-24-26-40-42(29-34)49-48(50-47(40)35-23-22-32-14-4-5-15-33(32)28-35)52-45-21-11-8-18-39(45)41-30-36(25-27-46(41)52)51-43-19-9-6-16-37(43)38-17-7-10-20-44(38)51;1-27-18-22-35-37(24-27)44-43(45-42(35)30-20-19-28-10-2-3-11-29(28)25-30)47-40-17-9-6-14-34(40)36-26-31(21-23-41(36)47)46-38-15-7-4-12-32(38)33-13-5-8-16-39(33)46/h1-30H;2-26H,1H3/i6D,7D,8D,9D,10D,11D,16D,17D,18D,19D,20D,21D,25D,27D,30D;2D,3D,4D,5D,6D,7D,8D,9D,10D,11D,12D,13D,14D,15D,16D,17D,18D,19D,20D,21D,22D,23D,24D,25D,26D. The van der Waals surface area contributed by atoms with E-state index >= 15 is 0 Å². The zero-order valence-corrected chi connectivity index (χ0v) is 50.7. The number of para-hydroxylation sites is 6. The number of benzene rings is 15. The quantitative estimate of drug-likeness (QED) is 0.159. The van der Waals surface area contributed by atoms with Crippen LogP contribution < -0.4 is 0 Å². The molecular weight excluding hydrogens is 1210 g/mol. The summed E-state index contributed by atoms with van der Waals surface area (Å²) in [5, 5.41) is -1.99. The van der Waals surface area contributed by atoms with Crippen molar-refractivity contribution in [1.82, 2.24) is 38.2 Å². The lowest BCUT2D eigenvalue weighted by Crippen LogP contribution is -2.04. The number of nitrogens with zero attached hydrogens (tertiary/aromatic N) is 8. The number of fused-ring (bicyclic) bond motifs is 16. The Balaban J connectivity index is 0.000000171. The van der Waals surface area contributed by atoms with Crippen molar-refractivity contribution in [3.8, 4) is 56.9 Å². The van der Waals surface area contributed by atoms with E-state index in [0.717, 1.165) is 35.6 Å². The Morgan fingerprint density at radius 3 is 1.27 bits per heavy atom. The summed E-state index contributed by atoms with van der Waals surface area (Å²) in [7, 11) is 0. The monoisotopic (exact) mass is 1300 g/mol. The van der Waals surface area contributed by atoms with Gasteiger partial charge in [-0.3, -0.25) is 9.13 Å². The van der Waals surface area contributed by atoms with Crippen LogP contribution in [-0.4, -0.2) is 38.2 Å². The lowest BCUT2D eigenvalue weighted by atomic mass is 9.99. The number of rotatable bonds is 7. The number of aromatic nitrogens is 8. The minimum Gasteiger partial charge on any atom is -0.309 e. The Labute approximate surface area is 624 Å². The van der Waals surface area contributed by atoms with E-state index in [0.29, 0.717) is 22.2 Å². The van der Waals surface area contributed by atoms with E-state index in [9.17, 15) is 17.8 Å². The van der Waals surface area contributed by atoms with Crippen molar-refractivity contribution in [3.05, 3.63) is 338 Å². The highest BCUT2D eigenvalue weighted by atomic mass is 15.2. The van der Waals surface area contributed by atoms with Gasteiger partial charge in [-0.15, -0.1) is 0 Å². The summed E-state index contributed by atoms with van der Waals surface area (Å²) in [6.45, 7) is 1.32. The van der Waals surface area contributed by atoms with Crippen molar-refractivity contribution in [1.29, 1.82) is 0 Å². The molecule has 6 aromatic heterocycles. The molecule has 462 valence electrons. The Morgan fingerprint density at radius 1 is 0.253 bits per heavy atom. The molecule has 21 aromatic rings. The molecule has 6 heterocycles. The van der Waals surface area contributed by atoms with Crippen LogP contribution in [0, 0.1) is 6.92 Å². The molecule has 99 heavy (non-hydrogen) atoms. The van der Waals surface area contributed by atoms with E-state index in [1.54, 1.807) is 0 Å². The minimum absolute atomic E-state index is 0.118. The molecule has 8 nitrogen and oxygen atoms in total. The molecule has 0 N–H and O–H groups in total. The third kappa shape index (κ3) is 9.07. The minimum atomic E-state index is -0.958. The first kappa shape index (κ1) is 29.4. The molecule has 0 amide bonds. The van der Waals surface area contributed by atoms with E-state index in [2.05, 4.69) is 9.97 Å². The van der Waals surface area contributed by atoms with Crippen LogP contribution in [0.2, 0.25) is 0 Å². The fourth-order valence-corrected chi connectivity index (χ4v) is 12.7. The van der Waals surface area contributed by atoms with Crippen LogP contribution in [0.15, 0.2) is 333 Å². The molecule has 0 atom stereocenters. The van der Waals surface area contributed by atoms with Gasteiger partial charge in [0.15, 0.2) is 0 Å². The Hall–Kier alpha value is -13.3. The first-order valence-electron chi connectivity index (χ1n) is 50.4. The zero-order chi connectivity index (χ0) is 100. The largest absolute Gasteiger partial charge is 0.309 e. The van der Waals surface area contributed by atoms with Gasteiger partial charge in [0.05, 0.1) is 121 Å². The molecule has 0 unspecified atom stereocenters. The van der Waals surface area contributed by atoms with E-state index in [1.165, 1.54) is 11.5 Å². The van der Waals surface area contributed by atoms with Crippen LogP contribution >= 0.6 is 0 Å². The highest BCUT2D eigenvalue weighted by Crippen LogP contribution is 2.42. The topological polar surface area (TPSA) is 71.3 Å². The number of hydrogen-bond acceptors (Lipinski definition) is 4. The maximum Gasteiger partial charge on any atom is 0.235 e. The van der Waals surface area contributed by atoms with Gasteiger partial charge in [-0.05, 0) is 148 Å². The van der Waals surface area contributed by atoms with Crippen molar-refractivity contribution >= 4 is 131 Å². The van der Waals surface area contributed by atoms with Gasteiger partial charge in [-0.25, -0.2) is 19.9 Å². The van der Waals surface area contributed by atoms with Gasteiger partial charge in [-0.1, -0.05) is 230 Å². The second-order valence-electron chi connectivity index (χ2n) is 22.7. The lowest BCUT2D eigenvalue weighted by Gasteiger charge is -2.14. The van der Waals surface area contributed by atoms with Crippen LogP contribution in [0.3, 0.4) is 0 Å². The molecule has 0 aliphatic carbocycles. The van der Waals surface area contributed by atoms with Gasteiger partial charge in [0.1, 0.15) is 0 Å². The summed E-state index contributed by atoms with van der Waals surface area (Å²) in [5.41, 5.74) is -3.31. The van der Waals surface area contributed by atoms with Crippen LogP contribution in [0.4, 0.5) is 0 Å². The second kappa shape index (κ2) is 22.4. The van der Waals surface area contributed by atoms with E-state index in [-0.39, 0.29) is 55.1 Å². The Kier molecular flexibility index (Phi) is 6.65. The maximum atomic E-state index is 9.99. The summed E-state index contributed by atoms with van der Waals surface area (Å²) in [5.74, 6) is -0.890. The zero-order valence-electron chi connectivity index (χ0n) is 90.7. The SMILES string of the molecule is [2H]c1c(C)c([2H])c2nc(-n3c4c([2H])c([2H])c([2H])c([2H])c4c4c([2H])c(-n5c6c([2H])c([2H])c([2H])c([2H])c6c6c([2H])c([2H])c([2H])c([2H])c65)c([2H])c([2H])c43)nc(-c3c([2H])c([2H])c4c([2H])c([2H])c([2H])c([2H])c4c3[2H])c2c1[2H].[2H]c1c([2H])c([2H])c2c(c1[2H])c1c([2H])c(-n3c4c([2H])c([2H])c([2H])c([2H])c4c4c([2H])c([2H])c([2H])c([2H])c43)c([2H])c([2H])c1n2-c1nc(-c2ccc3ccccc3c2)c2ccc(-c3ccccc3)cc2n1. The van der Waals surface area contributed by atoms with Crippen LogP contribution in [0.5, 0.6) is 0 Å². The summed E-state index contributed by atoms with van der Waals surface area (Å²) in [4.78, 5) is 19.3. The highest BCUT2D eigenvalue weighted by molar-refractivity contribution is 6.15. The third-order valence-corrected chi connectivity index (χ3v) is 17.1. The molecule has 0 saturated heterocycles. The van der Waals surface area contributed by atoms with Gasteiger partial charge >= 0.3 is 0 Å². The van der Waals surface area contributed by atoms with Gasteiger partial charge in [0.2, 0.25) is 11.9 Å².